The molecule has 0 unspecified atom stereocenters. The van der Waals surface area contributed by atoms with Crippen molar-refractivity contribution >= 4 is 5.91 Å². The summed E-state index contributed by atoms with van der Waals surface area (Å²) >= 11 is 0. The molecule has 0 aromatic carbocycles. The lowest BCUT2D eigenvalue weighted by atomic mass is 9.85. The van der Waals surface area contributed by atoms with Crippen molar-refractivity contribution in [2.45, 2.75) is 37.3 Å². The van der Waals surface area contributed by atoms with Crippen molar-refractivity contribution in [2.24, 2.45) is 0 Å². The number of carbonyl (C=O) groups is 1. The maximum atomic E-state index is 11.5. The molecule has 1 saturated heterocycles. The van der Waals surface area contributed by atoms with Crippen molar-refractivity contribution in [1.29, 1.82) is 0 Å². The summed E-state index contributed by atoms with van der Waals surface area (Å²) in [4.78, 5) is 11.5. The summed E-state index contributed by atoms with van der Waals surface area (Å²) in [5.74, 6) is -0.233. The van der Waals surface area contributed by atoms with E-state index >= 15 is 0 Å². The molecular weight excluding hydrogens is 210 g/mol. The van der Waals surface area contributed by atoms with Gasteiger partial charge in [-0.2, -0.15) is 0 Å². The molecule has 1 fully saturated rings. The molecule has 1 aliphatic heterocycles. The second-order valence-corrected chi connectivity index (χ2v) is 4.25. The standard InChI is InChI=1S/C11H17NO4/c1-15-8-16-9-4-2-6-11(9)7-3-5-10(13)12(11)14/h2,6,9,14H,3-5,7-8H2,1H3/t9-,11+/m1/s1. The normalized spacial score (nSPS) is 34.0. The van der Waals surface area contributed by atoms with Gasteiger partial charge in [0.05, 0.1) is 6.10 Å². The van der Waals surface area contributed by atoms with Crippen molar-refractivity contribution < 1.29 is 19.5 Å². The van der Waals surface area contributed by atoms with Crippen molar-refractivity contribution in [1.82, 2.24) is 5.06 Å². The number of rotatable bonds is 3. The number of hydroxylamine groups is 2. The summed E-state index contributed by atoms with van der Waals surface area (Å²) in [6.45, 7) is 0.177. The quantitative estimate of drug-likeness (QED) is 0.445. The predicted molar refractivity (Wildman–Crippen MR) is 55.7 cm³/mol. The van der Waals surface area contributed by atoms with Crippen LogP contribution >= 0.6 is 0 Å². The Balaban J connectivity index is 2.14. The van der Waals surface area contributed by atoms with E-state index in [1.165, 1.54) is 0 Å². The minimum absolute atomic E-state index is 0.177. The summed E-state index contributed by atoms with van der Waals surface area (Å²) in [5.41, 5.74) is -0.673. The molecule has 5 nitrogen and oxygen atoms in total. The number of hydrogen-bond donors (Lipinski definition) is 1. The van der Waals surface area contributed by atoms with E-state index in [2.05, 4.69) is 0 Å². The Labute approximate surface area is 94.6 Å². The first-order valence-electron chi connectivity index (χ1n) is 5.51. The third-order valence-electron chi connectivity index (χ3n) is 3.30. The molecule has 1 aliphatic carbocycles. The number of hydrogen-bond acceptors (Lipinski definition) is 4. The topological polar surface area (TPSA) is 59.0 Å². The molecule has 90 valence electrons. The van der Waals surface area contributed by atoms with Gasteiger partial charge in [0, 0.05) is 13.5 Å². The van der Waals surface area contributed by atoms with Crippen LogP contribution in [0.5, 0.6) is 0 Å². The molecule has 2 rings (SSSR count). The van der Waals surface area contributed by atoms with Crippen LogP contribution in [0.4, 0.5) is 0 Å². The Morgan fingerprint density at radius 3 is 3.25 bits per heavy atom. The van der Waals surface area contributed by atoms with E-state index in [-0.39, 0.29) is 18.8 Å². The van der Waals surface area contributed by atoms with Gasteiger partial charge in [-0.1, -0.05) is 12.2 Å². The van der Waals surface area contributed by atoms with Gasteiger partial charge in [-0.05, 0) is 19.3 Å². The van der Waals surface area contributed by atoms with Crippen LogP contribution in [0.2, 0.25) is 0 Å². The van der Waals surface area contributed by atoms with Crippen LogP contribution in [-0.2, 0) is 14.3 Å². The zero-order valence-corrected chi connectivity index (χ0v) is 9.39. The third-order valence-corrected chi connectivity index (χ3v) is 3.30. The number of amides is 1. The highest BCUT2D eigenvalue weighted by Gasteiger charge is 2.49. The predicted octanol–water partition coefficient (Wildman–Crippen LogP) is 1.08. The summed E-state index contributed by atoms with van der Waals surface area (Å²) in [7, 11) is 1.55. The van der Waals surface area contributed by atoms with Gasteiger partial charge in [0.1, 0.15) is 12.3 Å². The summed E-state index contributed by atoms with van der Waals surface area (Å²) in [5, 5.41) is 10.8. The molecule has 2 aliphatic rings. The van der Waals surface area contributed by atoms with Crippen LogP contribution in [0.15, 0.2) is 12.2 Å². The fourth-order valence-corrected chi connectivity index (χ4v) is 2.49. The summed E-state index contributed by atoms with van der Waals surface area (Å²) in [6.07, 6.45) is 6.25. The Bertz CT molecular complexity index is 304. The number of ether oxygens (including phenoxy) is 2. The summed E-state index contributed by atoms with van der Waals surface area (Å²) in [6, 6.07) is 0. The fourth-order valence-electron chi connectivity index (χ4n) is 2.49. The minimum atomic E-state index is -0.673. The molecule has 0 aromatic rings. The fraction of sp³-hybridized carbons (Fsp3) is 0.727. The van der Waals surface area contributed by atoms with Gasteiger partial charge in [0.15, 0.2) is 0 Å². The van der Waals surface area contributed by atoms with E-state index in [4.69, 9.17) is 9.47 Å². The molecule has 1 spiro atoms. The highest BCUT2D eigenvalue weighted by Crippen LogP contribution is 2.38. The second kappa shape index (κ2) is 4.53. The maximum Gasteiger partial charge on any atom is 0.246 e. The molecular formula is C11H17NO4. The van der Waals surface area contributed by atoms with Crippen molar-refractivity contribution in [3.8, 4) is 0 Å². The minimum Gasteiger partial charge on any atom is -0.359 e. The Morgan fingerprint density at radius 2 is 2.50 bits per heavy atom. The molecule has 0 radical (unpaired) electrons. The van der Waals surface area contributed by atoms with E-state index in [1.807, 2.05) is 12.2 Å². The molecule has 1 amide bonds. The SMILES string of the molecule is COCO[C@@H]1CC=C[C@]12CCCC(=O)N2O. The Hall–Kier alpha value is -0.910. The second-order valence-electron chi connectivity index (χ2n) is 4.25. The third kappa shape index (κ3) is 1.75. The average molecular weight is 227 g/mol. The molecule has 16 heavy (non-hydrogen) atoms. The van der Waals surface area contributed by atoms with Crippen LogP contribution in [-0.4, -0.2) is 41.7 Å². The molecule has 0 saturated carbocycles. The highest BCUT2D eigenvalue weighted by molar-refractivity contribution is 5.77. The first-order valence-corrected chi connectivity index (χ1v) is 5.51. The van der Waals surface area contributed by atoms with Crippen molar-refractivity contribution in [3.05, 3.63) is 12.2 Å². The van der Waals surface area contributed by atoms with Crippen LogP contribution < -0.4 is 0 Å². The molecule has 1 heterocycles. The lowest BCUT2D eigenvalue weighted by molar-refractivity contribution is -0.220. The smallest absolute Gasteiger partial charge is 0.246 e. The van der Waals surface area contributed by atoms with Crippen LogP contribution in [0.3, 0.4) is 0 Å². The maximum absolute atomic E-state index is 11.5. The molecule has 1 N–H and O–H groups in total. The molecule has 0 aromatic heterocycles. The monoisotopic (exact) mass is 227 g/mol. The first-order chi connectivity index (χ1) is 7.70. The Morgan fingerprint density at radius 1 is 1.69 bits per heavy atom. The lowest BCUT2D eigenvalue weighted by Gasteiger charge is -2.43. The zero-order chi connectivity index (χ0) is 11.6. The number of methoxy groups -OCH3 is 1. The molecule has 5 heteroatoms. The van der Waals surface area contributed by atoms with E-state index in [9.17, 15) is 10.0 Å². The average Bonchev–Trinajstić information content (AvgIpc) is 2.67. The van der Waals surface area contributed by atoms with Gasteiger partial charge >= 0.3 is 0 Å². The Kier molecular flexibility index (Phi) is 3.28. The van der Waals surface area contributed by atoms with Gasteiger partial charge < -0.3 is 9.47 Å². The van der Waals surface area contributed by atoms with Gasteiger partial charge in [-0.25, -0.2) is 5.06 Å². The van der Waals surface area contributed by atoms with E-state index in [0.717, 1.165) is 17.9 Å². The van der Waals surface area contributed by atoms with E-state index < -0.39 is 5.54 Å². The van der Waals surface area contributed by atoms with Crippen LogP contribution in [0.1, 0.15) is 25.7 Å². The van der Waals surface area contributed by atoms with Crippen LogP contribution in [0.25, 0.3) is 0 Å². The molecule has 2 atom stereocenters. The van der Waals surface area contributed by atoms with Gasteiger partial charge in [-0.15, -0.1) is 0 Å². The van der Waals surface area contributed by atoms with E-state index in [0.29, 0.717) is 12.8 Å². The summed E-state index contributed by atoms with van der Waals surface area (Å²) < 4.78 is 10.4. The number of carbonyl (C=O) groups excluding carboxylic acids is 1. The van der Waals surface area contributed by atoms with Gasteiger partial charge in [0.25, 0.3) is 0 Å². The zero-order valence-electron chi connectivity index (χ0n) is 9.39. The highest BCUT2D eigenvalue weighted by atomic mass is 16.7. The first kappa shape index (κ1) is 11.6. The number of piperidine rings is 1. The van der Waals surface area contributed by atoms with E-state index in [1.54, 1.807) is 7.11 Å². The van der Waals surface area contributed by atoms with Crippen molar-refractivity contribution in [3.63, 3.8) is 0 Å². The van der Waals surface area contributed by atoms with Gasteiger partial charge in [0.2, 0.25) is 5.91 Å². The van der Waals surface area contributed by atoms with Crippen LogP contribution in [0, 0.1) is 0 Å². The number of nitrogens with zero attached hydrogens (tertiary/aromatic N) is 1. The van der Waals surface area contributed by atoms with Crippen molar-refractivity contribution in [2.75, 3.05) is 13.9 Å². The largest absolute Gasteiger partial charge is 0.359 e. The molecule has 0 bridgehead atoms. The van der Waals surface area contributed by atoms with Gasteiger partial charge in [-0.3, -0.25) is 10.0 Å². The lowest BCUT2D eigenvalue weighted by Crippen LogP contribution is -2.57.